The number of alkyl halides is 3. The minimum absolute atomic E-state index is 0.0386. The van der Waals surface area contributed by atoms with Crippen molar-refractivity contribution in [3.63, 3.8) is 0 Å². The summed E-state index contributed by atoms with van der Waals surface area (Å²) in [7, 11) is 0. The minimum Gasteiger partial charge on any atom is -0.478 e. The van der Waals surface area contributed by atoms with E-state index in [2.05, 4.69) is 31.8 Å². The molecule has 4 rings (SSSR count). The van der Waals surface area contributed by atoms with Gasteiger partial charge in [0.25, 0.3) is 0 Å². The number of aromatic nitrogens is 1. The van der Waals surface area contributed by atoms with Gasteiger partial charge >= 0.3 is 12.3 Å². The number of hydrogen-bond donors (Lipinski definition) is 2. The summed E-state index contributed by atoms with van der Waals surface area (Å²) < 4.78 is 43.1. The minimum atomic E-state index is -4.98. The summed E-state index contributed by atoms with van der Waals surface area (Å²) in [5.41, 5.74) is 1.62. The van der Waals surface area contributed by atoms with Crippen LogP contribution in [-0.4, -0.2) is 44.9 Å². The van der Waals surface area contributed by atoms with Gasteiger partial charge in [-0.1, -0.05) is 60.7 Å². The number of nitrogens with one attached hydrogen (secondary N) is 1. The third-order valence-corrected chi connectivity index (χ3v) is 5.71. The van der Waals surface area contributed by atoms with Crippen molar-refractivity contribution in [3.8, 4) is 5.88 Å². The molecular formula is C28H25F3N6O3. The summed E-state index contributed by atoms with van der Waals surface area (Å²) in [6.07, 6.45) is -2.28. The van der Waals surface area contributed by atoms with Gasteiger partial charge in [-0.2, -0.15) is 10.1 Å². The number of pyridine rings is 1. The molecule has 0 bridgehead atoms. The number of amidine groups is 1. The molecule has 0 atom stereocenters. The van der Waals surface area contributed by atoms with E-state index in [1.807, 2.05) is 65.6 Å². The maximum Gasteiger partial charge on any atom is 0.574 e. The molecule has 40 heavy (non-hydrogen) atoms. The first-order valence-corrected chi connectivity index (χ1v) is 12.0. The summed E-state index contributed by atoms with van der Waals surface area (Å²) in [5.74, 6) is -1.62. The van der Waals surface area contributed by atoms with Crippen LogP contribution in [0.3, 0.4) is 0 Å². The van der Waals surface area contributed by atoms with Gasteiger partial charge in [-0.15, -0.1) is 13.2 Å². The van der Waals surface area contributed by atoms with E-state index in [4.69, 9.17) is 0 Å². The Morgan fingerprint density at radius 1 is 1.05 bits per heavy atom. The van der Waals surface area contributed by atoms with Crippen molar-refractivity contribution >= 4 is 24.2 Å². The topological polar surface area (TPSA) is 103 Å². The van der Waals surface area contributed by atoms with Crippen LogP contribution in [0.4, 0.5) is 18.9 Å². The predicted molar refractivity (Wildman–Crippen MR) is 144 cm³/mol. The van der Waals surface area contributed by atoms with E-state index in [0.717, 1.165) is 17.3 Å². The zero-order valence-electron chi connectivity index (χ0n) is 21.3. The van der Waals surface area contributed by atoms with Gasteiger partial charge in [-0.25, -0.2) is 14.8 Å². The zero-order chi connectivity index (χ0) is 28.7. The van der Waals surface area contributed by atoms with Crippen LogP contribution in [0.1, 0.15) is 18.1 Å². The molecule has 0 saturated carbocycles. The number of hydrogen-bond acceptors (Lipinski definition) is 8. The Morgan fingerprint density at radius 2 is 1.65 bits per heavy atom. The summed E-state index contributed by atoms with van der Waals surface area (Å²) in [4.78, 5) is 21.9. The predicted octanol–water partition coefficient (Wildman–Crippen LogP) is 5.58. The Hall–Kier alpha value is -5.13. The Morgan fingerprint density at radius 3 is 2.17 bits per heavy atom. The molecule has 1 aliphatic rings. The Kier molecular flexibility index (Phi) is 8.48. The number of aliphatic carboxylic acids is 1. The van der Waals surface area contributed by atoms with Crippen molar-refractivity contribution in [1.29, 1.82) is 0 Å². The first-order valence-electron chi connectivity index (χ1n) is 12.0. The Balaban J connectivity index is 1.82. The number of hydrazone groups is 1. The first-order chi connectivity index (χ1) is 19.1. The summed E-state index contributed by atoms with van der Waals surface area (Å²) in [6, 6.07) is 21.9. The van der Waals surface area contributed by atoms with E-state index in [1.165, 1.54) is 24.1 Å². The molecule has 2 N–H and O–H groups in total. The third-order valence-electron chi connectivity index (χ3n) is 5.71. The fraction of sp³-hybridized carbons (Fsp3) is 0.143. The summed E-state index contributed by atoms with van der Waals surface area (Å²) in [5, 5.41) is 17.9. The van der Waals surface area contributed by atoms with Crippen LogP contribution in [-0.2, 0) is 17.9 Å². The standard InChI is InChI=1S/C28H25F3N6O3/c1-19(27(38)39)25-35-23(34-22-14-9-15-33-26(22)40-28(29,30)31)16-24(37(25)32-2)36(17-20-10-5-3-6-11-20)18-21-12-7-4-8-13-21/h3-16H,2,17-18H2,1H3,(H,34,35)(H,38,39)/b25-19+. The lowest BCUT2D eigenvalue weighted by atomic mass is 10.1. The average Bonchev–Trinajstić information content (AvgIpc) is 2.93. The maximum atomic E-state index is 13.0. The van der Waals surface area contributed by atoms with Gasteiger partial charge < -0.3 is 20.1 Å². The highest BCUT2D eigenvalue weighted by Gasteiger charge is 2.33. The van der Waals surface area contributed by atoms with Crippen LogP contribution in [0.15, 0.2) is 112 Å². The van der Waals surface area contributed by atoms with Crippen LogP contribution in [0.2, 0.25) is 0 Å². The normalized spacial score (nSPS) is 14.6. The van der Waals surface area contributed by atoms with Crippen molar-refractivity contribution in [1.82, 2.24) is 14.9 Å². The molecule has 1 aliphatic heterocycles. The number of carbonyl (C=O) groups is 1. The van der Waals surface area contributed by atoms with E-state index >= 15 is 0 Å². The lowest BCUT2D eigenvalue weighted by Gasteiger charge is -2.35. The molecule has 0 aliphatic carbocycles. The molecule has 0 radical (unpaired) electrons. The molecule has 0 unspecified atom stereocenters. The highest BCUT2D eigenvalue weighted by atomic mass is 19.4. The Bertz CT molecular complexity index is 1420. The molecule has 0 amide bonds. The second-order valence-electron chi connectivity index (χ2n) is 8.56. The molecule has 2 aromatic carbocycles. The van der Waals surface area contributed by atoms with Gasteiger partial charge in [0.1, 0.15) is 17.3 Å². The molecule has 0 saturated heterocycles. The van der Waals surface area contributed by atoms with Crippen LogP contribution >= 0.6 is 0 Å². The number of aliphatic imine (C=N–C) groups is 1. The largest absolute Gasteiger partial charge is 0.574 e. The fourth-order valence-electron chi connectivity index (χ4n) is 3.89. The number of halogens is 3. The molecule has 9 nitrogen and oxygen atoms in total. The van der Waals surface area contributed by atoms with E-state index in [1.54, 1.807) is 6.08 Å². The van der Waals surface area contributed by atoms with Crippen LogP contribution in [0.5, 0.6) is 5.88 Å². The van der Waals surface area contributed by atoms with E-state index in [-0.39, 0.29) is 22.9 Å². The van der Waals surface area contributed by atoms with Crippen LogP contribution in [0.25, 0.3) is 0 Å². The van der Waals surface area contributed by atoms with Crippen LogP contribution < -0.4 is 10.1 Å². The molecule has 1 aromatic heterocycles. The second-order valence-corrected chi connectivity index (χ2v) is 8.56. The third kappa shape index (κ3) is 7.04. The quantitative estimate of drug-likeness (QED) is 0.265. The molecular weight excluding hydrogens is 525 g/mol. The highest BCUT2D eigenvalue weighted by Crippen LogP contribution is 2.31. The summed E-state index contributed by atoms with van der Waals surface area (Å²) >= 11 is 0. The van der Waals surface area contributed by atoms with Gasteiger partial charge in [0.2, 0.25) is 5.88 Å². The van der Waals surface area contributed by atoms with Crippen molar-refractivity contribution in [2.45, 2.75) is 26.4 Å². The molecule has 2 heterocycles. The maximum absolute atomic E-state index is 13.0. The van der Waals surface area contributed by atoms with E-state index in [0.29, 0.717) is 18.9 Å². The average molecular weight is 551 g/mol. The molecule has 0 spiro atoms. The summed E-state index contributed by atoms with van der Waals surface area (Å²) in [6.45, 7) is 5.74. The van der Waals surface area contributed by atoms with Gasteiger partial charge in [0, 0.05) is 32.1 Å². The number of carboxylic acid groups (broad SMARTS) is 1. The van der Waals surface area contributed by atoms with Gasteiger partial charge in [-0.05, 0) is 30.2 Å². The number of benzene rings is 2. The molecule has 12 heteroatoms. The SMILES string of the molecule is C=NN1C(N(Cc2ccccc2)Cc2ccccc2)=CC(Nc2cccnc2OC(F)(F)F)=N/C1=C(/C)C(=O)O. The zero-order valence-corrected chi connectivity index (χ0v) is 21.3. The number of ether oxygens (including phenoxy) is 1. The number of rotatable bonds is 9. The van der Waals surface area contributed by atoms with E-state index < -0.39 is 18.2 Å². The first kappa shape index (κ1) is 27.9. The second kappa shape index (κ2) is 12.2. The van der Waals surface area contributed by atoms with Crippen molar-refractivity contribution in [2.24, 2.45) is 10.1 Å². The van der Waals surface area contributed by atoms with Crippen molar-refractivity contribution in [3.05, 3.63) is 113 Å². The van der Waals surface area contributed by atoms with Gasteiger partial charge in [-0.3, -0.25) is 0 Å². The highest BCUT2D eigenvalue weighted by molar-refractivity contribution is 6.06. The smallest absolute Gasteiger partial charge is 0.478 e. The number of carboxylic acids is 1. The van der Waals surface area contributed by atoms with E-state index in [9.17, 15) is 23.1 Å². The molecule has 3 aromatic rings. The molecule has 206 valence electrons. The number of anilines is 1. The van der Waals surface area contributed by atoms with Gasteiger partial charge in [0.05, 0.1) is 5.57 Å². The van der Waals surface area contributed by atoms with Gasteiger partial charge in [0.15, 0.2) is 5.82 Å². The van der Waals surface area contributed by atoms with Crippen molar-refractivity contribution in [2.75, 3.05) is 5.32 Å². The Labute approximate surface area is 228 Å². The van der Waals surface area contributed by atoms with Crippen molar-refractivity contribution < 1.29 is 27.8 Å². The lowest BCUT2D eigenvalue weighted by molar-refractivity contribution is -0.275. The lowest BCUT2D eigenvalue weighted by Crippen LogP contribution is -2.36. The molecule has 0 fully saturated rings. The number of nitrogens with zero attached hydrogens (tertiary/aromatic N) is 5. The fourth-order valence-corrected chi connectivity index (χ4v) is 3.89. The van der Waals surface area contributed by atoms with Crippen LogP contribution in [0, 0.1) is 0 Å². The monoisotopic (exact) mass is 550 g/mol.